The molecule has 1 aliphatic carbocycles. The molecule has 0 aromatic heterocycles. The van der Waals surface area contributed by atoms with Gasteiger partial charge in [-0.2, -0.15) is 0 Å². The molecule has 13 heavy (non-hydrogen) atoms. The highest BCUT2D eigenvalue weighted by atomic mass is 15.0. The highest BCUT2D eigenvalue weighted by molar-refractivity contribution is 5.60. The maximum atomic E-state index is 5.72. The zero-order chi connectivity index (χ0) is 9.42. The van der Waals surface area contributed by atoms with Crippen LogP contribution in [0.15, 0.2) is 18.2 Å². The van der Waals surface area contributed by atoms with E-state index in [1.165, 1.54) is 17.7 Å². The predicted molar refractivity (Wildman–Crippen MR) is 56.8 cm³/mol. The minimum atomic E-state index is 0.667. The Labute approximate surface area is 79.1 Å². The fourth-order valence-corrected chi connectivity index (χ4v) is 1.52. The normalized spacial score (nSPS) is 25.7. The molecule has 0 saturated heterocycles. The number of nitrogens with two attached hydrogens (primary N) is 1. The lowest BCUT2D eigenvalue weighted by Crippen LogP contribution is -2.05. The van der Waals surface area contributed by atoms with Crippen LogP contribution < -0.4 is 11.1 Å². The molecule has 2 unspecified atom stereocenters. The molecule has 0 amide bonds. The summed E-state index contributed by atoms with van der Waals surface area (Å²) in [5.74, 6) is 0.820. The number of nitrogen functional groups attached to an aromatic ring is 1. The molecule has 2 rings (SSSR count). The molecule has 1 aromatic carbocycles. The third-order valence-electron chi connectivity index (χ3n) is 2.71. The second-order valence-corrected chi connectivity index (χ2v) is 4.04. The van der Waals surface area contributed by atoms with E-state index in [1.54, 1.807) is 0 Å². The van der Waals surface area contributed by atoms with E-state index in [2.05, 4.69) is 25.2 Å². The molecule has 0 bridgehead atoms. The van der Waals surface area contributed by atoms with E-state index in [9.17, 15) is 0 Å². The van der Waals surface area contributed by atoms with Crippen molar-refractivity contribution in [3.05, 3.63) is 23.8 Å². The van der Waals surface area contributed by atoms with E-state index in [-0.39, 0.29) is 0 Å². The average Bonchev–Trinajstić information content (AvgIpc) is 2.75. The number of anilines is 2. The summed E-state index contributed by atoms with van der Waals surface area (Å²) in [7, 11) is 0. The summed E-state index contributed by atoms with van der Waals surface area (Å²) in [4.78, 5) is 0. The van der Waals surface area contributed by atoms with Gasteiger partial charge in [-0.25, -0.2) is 0 Å². The van der Waals surface area contributed by atoms with Gasteiger partial charge in [0.2, 0.25) is 0 Å². The van der Waals surface area contributed by atoms with Crippen molar-refractivity contribution in [3.63, 3.8) is 0 Å². The van der Waals surface area contributed by atoms with Crippen LogP contribution >= 0.6 is 0 Å². The summed E-state index contributed by atoms with van der Waals surface area (Å²) in [5.41, 5.74) is 9.01. The van der Waals surface area contributed by atoms with Crippen LogP contribution in [-0.2, 0) is 0 Å². The molecule has 3 N–H and O–H groups in total. The Morgan fingerprint density at radius 2 is 2.15 bits per heavy atom. The first-order valence-electron chi connectivity index (χ1n) is 4.79. The molecular weight excluding hydrogens is 160 g/mol. The fraction of sp³-hybridized carbons (Fsp3) is 0.455. The minimum absolute atomic E-state index is 0.667. The first-order chi connectivity index (χ1) is 6.16. The lowest BCUT2D eigenvalue weighted by Gasteiger charge is -2.09. The summed E-state index contributed by atoms with van der Waals surface area (Å²) in [6, 6.07) is 6.68. The van der Waals surface area contributed by atoms with Gasteiger partial charge in [0.1, 0.15) is 0 Å². The van der Waals surface area contributed by atoms with E-state index < -0.39 is 0 Å². The molecule has 70 valence electrons. The number of nitrogens with one attached hydrogen (secondary N) is 1. The molecule has 1 aliphatic rings. The largest absolute Gasteiger partial charge is 0.399 e. The zero-order valence-electron chi connectivity index (χ0n) is 8.17. The van der Waals surface area contributed by atoms with Gasteiger partial charge in [0.15, 0.2) is 0 Å². The minimum Gasteiger partial charge on any atom is -0.399 e. The van der Waals surface area contributed by atoms with Gasteiger partial charge in [0.05, 0.1) is 0 Å². The molecule has 0 radical (unpaired) electrons. The van der Waals surface area contributed by atoms with Crippen molar-refractivity contribution in [3.8, 4) is 0 Å². The van der Waals surface area contributed by atoms with Gasteiger partial charge in [0.25, 0.3) is 0 Å². The Balaban J connectivity index is 2.14. The van der Waals surface area contributed by atoms with Gasteiger partial charge in [-0.1, -0.05) is 13.0 Å². The topological polar surface area (TPSA) is 38.0 Å². The lowest BCUT2D eigenvalue weighted by molar-refractivity contribution is 0.928. The second kappa shape index (κ2) is 2.95. The summed E-state index contributed by atoms with van der Waals surface area (Å²) in [6.45, 7) is 4.37. The number of rotatable bonds is 2. The smallest absolute Gasteiger partial charge is 0.0392 e. The Bertz CT molecular complexity index is 320. The molecule has 1 saturated carbocycles. The van der Waals surface area contributed by atoms with E-state index in [0.29, 0.717) is 6.04 Å². The van der Waals surface area contributed by atoms with Crippen molar-refractivity contribution >= 4 is 11.4 Å². The lowest BCUT2D eigenvalue weighted by atomic mass is 10.2. The zero-order valence-corrected chi connectivity index (χ0v) is 8.17. The van der Waals surface area contributed by atoms with Crippen molar-refractivity contribution in [1.29, 1.82) is 0 Å². The summed E-state index contributed by atoms with van der Waals surface area (Å²) < 4.78 is 0. The van der Waals surface area contributed by atoms with Crippen molar-refractivity contribution in [1.82, 2.24) is 0 Å². The SMILES string of the molecule is Cc1ccc(N)cc1NC1CC1C. The number of aryl methyl sites for hydroxylation is 1. The van der Waals surface area contributed by atoms with E-state index >= 15 is 0 Å². The fourth-order valence-electron chi connectivity index (χ4n) is 1.52. The van der Waals surface area contributed by atoms with Gasteiger partial charge >= 0.3 is 0 Å². The monoisotopic (exact) mass is 176 g/mol. The molecule has 1 fully saturated rings. The quantitative estimate of drug-likeness (QED) is 0.679. The van der Waals surface area contributed by atoms with Crippen LogP contribution in [0, 0.1) is 12.8 Å². The van der Waals surface area contributed by atoms with Crippen LogP contribution in [0.2, 0.25) is 0 Å². The van der Waals surface area contributed by atoms with Crippen molar-refractivity contribution in [2.45, 2.75) is 26.3 Å². The van der Waals surface area contributed by atoms with Crippen LogP contribution in [0.25, 0.3) is 0 Å². The molecule has 1 aromatic rings. The highest BCUT2D eigenvalue weighted by Gasteiger charge is 2.32. The van der Waals surface area contributed by atoms with Crippen LogP contribution in [0.4, 0.5) is 11.4 Å². The second-order valence-electron chi connectivity index (χ2n) is 4.04. The van der Waals surface area contributed by atoms with Gasteiger partial charge in [-0.15, -0.1) is 0 Å². The Morgan fingerprint density at radius 1 is 1.46 bits per heavy atom. The first-order valence-corrected chi connectivity index (χ1v) is 4.79. The third-order valence-corrected chi connectivity index (χ3v) is 2.71. The maximum absolute atomic E-state index is 5.72. The van der Waals surface area contributed by atoms with Crippen molar-refractivity contribution < 1.29 is 0 Å². The molecule has 2 nitrogen and oxygen atoms in total. The van der Waals surface area contributed by atoms with Crippen LogP contribution in [-0.4, -0.2) is 6.04 Å². The molecular formula is C11H16N2. The van der Waals surface area contributed by atoms with E-state index in [4.69, 9.17) is 5.73 Å². The molecule has 0 spiro atoms. The first kappa shape index (κ1) is 8.42. The molecule has 0 heterocycles. The standard InChI is InChI=1S/C11H16N2/c1-7-3-4-9(12)6-11(7)13-10-5-8(10)2/h3-4,6,8,10,13H,5,12H2,1-2H3. The molecule has 0 aliphatic heterocycles. The van der Waals surface area contributed by atoms with Gasteiger partial charge < -0.3 is 11.1 Å². The maximum Gasteiger partial charge on any atom is 0.0392 e. The summed E-state index contributed by atoms with van der Waals surface area (Å²) in [6.07, 6.45) is 1.29. The average molecular weight is 176 g/mol. The van der Waals surface area contributed by atoms with E-state index in [1.807, 2.05) is 12.1 Å². The van der Waals surface area contributed by atoms with Crippen molar-refractivity contribution in [2.75, 3.05) is 11.1 Å². The molecule has 2 heteroatoms. The van der Waals surface area contributed by atoms with Crippen LogP contribution in [0.5, 0.6) is 0 Å². The third kappa shape index (κ3) is 1.77. The van der Waals surface area contributed by atoms with Crippen molar-refractivity contribution in [2.24, 2.45) is 5.92 Å². The summed E-state index contributed by atoms with van der Waals surface area (Å²) in [5, 5.41) is 3.49. The van der Waals surface area contributed by atoms with Crippen LogP contribution in [0.3, 0.4) is 0 Å². The number of hydrogen-bond donors (Lipinski definition) is 2. The predicted octanol–water partition coefficient (Wildman–Crippen LogP) is 2.40. The number of hydrogen-bond acceptors (Lipinski definition) is 2. The van der Waals surface area contributed by atoms with Gasteiger partial charge in [-0.3, -0.25) is 0 Å². The van der Waals surface area contributed by atoms with Crippen LogP contribution in [0.1, 0.15) is 18.9 Å². The number of benzene rings is 1. The molecule has 2 atom stereocenters. The van der Waals surface area contributed by atoms with Gasteiger partial charge in [0, 0.05) is 17.4 Å². The Kier molecular flexibility index (Phi) is 1.91. The highest BCUT2D eigenvalue weighted by Crippen LogP contribution is 2.33. The summed E-state index contributed by atoms with van der Waals surface area (Å²) >= 11 is 0. The van der Waals surface area contributed by atoms with E-state index in [0.717, 1.165) is 11.6 Å². The Hall–Kier alpha value is -1.18. The van der Waals surface area contributed by atoms with Gasteiger partial charge in [-0.05, 0) is 37.0 Å². The Morgan fingerprint density at radius 3 is 2.77 bits per heavy atom.